The van der Waals surface area contributed by atoms with E-state index in [1.807, 2.05) is 44.2 Å². The Morgan fingerprint density at radius 2 is 1.74 bits per heavy atom. The minimum absolute atomic E-state index is 0.0148. The number of nitrogens with one attached hydrogen (secondary N) is 1. The van der Waals surface area contributed by atoms with Gasteiger partial charge in [0, 0.05) is 4.88 Å². The summed E-state index contributed by atoms with van der Waals surface area (Å²) in [6.07, 6.45) is 1.42. The number of rotatable bonds is 7. The number of amides is 1. The van der Waals surface area contributed by atoms with E-state index in [-0.39, 0.29) is 10.8 Å². The van der Waals surface area contributed by atoms with Gasteiger partial charge in [0.1, 0.15) is 4.88 Å². The Morgan fingerprint density at radius 1 is 1.09 bits per heavy atom. The molecule has 5 heteroatoms. The monoisotopic (exact) mass is 331 g/mol. The van der Waals surface area contributed by atoms with Crippen molar-refractivity contribution < 1.29 is 14.7 Å². The highest BCUT2D eigenvalue weighted by molar-refractivity contribution is 7.13. The zero-order chi connectivity index (χ0) is 16.9. The number of aromatic carboxylic acids is 1. The summed E-state index contributed by atoms with van der Waals surface area (Å²) in [5.74, 6) is -0.952. The number of thiophene rings is 1. The molecule has 1 heterocycles. The van der Waals surface area contributed by atoms with Gasteiger partial charge in [-0.25, -0.2) is 4.79 Å². The van der Waals surface area contributed by atoms with Crippen molar-refractivity contribution in [1.29, 1.82) is 0 Å². The number of carboxylic acids is 1. The third-order valence-corrected chi connectivity index (χ3v) is 5.34. The fraction of sp³-hybridized carbons (Fsp3) is 0.333. The molecule has 122 valence electrons. The van der Waals surface area contributed by atoms with Crippen LogP contribution in [0.3, 0.4) is 0 Å². The molecule has 23 heavy (non-hydrogen) atoms. The molecule has 0 saturated carbocycles. The molecular weight excluding hydrogens is 310 g/mol. The van der Waals surface area contributed by atoms with E-state index in [1.165, 1.54) is 11.3 Å². The van der Waals surface area contributed by atoms with E-state index in [1.54, 1.807) is 12.1 Å². The van der Waals surface area contributed by atoms with Crippen LogP contribution < -0.4 is 5.32 Å². The van der Waals surface area contributed by atoms with Gasteiger partial charge in [0.2, 0.25) is 5.91 Å². The number of carbonyl (C=O) groups excluding carboxylic acids is 1. The lowest BCUT2D eigenvalue weighted by Gasteiger charge is -2.30. The molecule has 0 aliphatic carbocycles. The third kappa shape index (κ3) is 3.62. The molecule has 0 aliphatic rings. The summed E-state index contributed by atoms with van der Waals surface area (Å²) in [5.41, 5.74) is 0.466. The summed E-state index contributed by atoms with van der Waals surface area (Å²) < 4.78 is 0. The topological polar surface area (TPSA) is 66.4 Å². The maximum atomic E-state index is 12.8. The first-order valence-corrected chi connectivity index (χ1v) is 8.51. The molecule has 1 amide bonds. The molecule has 0 fully saturated rings. The first-order valence-electron chi connectivity index (χ1n) is 7.69. The molecule has 1 aromatic heterocycles. The van der Waals surface area contributed by atoms with Crippen molar-refractivity contribution in [2.24, 2.45) is 0 Å². The second-order valence-corrected chi connectivity index (χ2v) is 6.58. The molecule has 2 rings (SSSR count). The van der Waals surface area contributed by atoms with Gasteiger partial charge in [-0.1, -0.05) is 44.2 Å². The van der Waals surface area contributed by atoms with Crippen LogP contribution in [-0.4, -0.2) is 17.0 Å². The van der Waals surface area contributed by atoms with Gasteiger partial charge in [-0.05, 0) is 30.5 Å². The lowest BCUT2D eigenvalue weighted by atomic mass is 9.75. The number of carbonyl (C=O) groups is 2. The maximum Gasteiger partial charge on any atom is 0.345 e. The molecule has 4 nitrogen and oxygen atoms in total. The molecule has 0 radical (unpaired) electrons. The predicted molar refractivity (Wildman–Crippen MR) is 91.8 cm³/mol. The molecule has 0 bridgehead atoms. The number of benzene rings is 1. The SMILES string of the molecule is CCC(CC)(C(=O)NCc1ccc(C(=O)O)s1)c1ccccc1. The van der Waals surface area contributed by atoms with E-state index < -0.39 is 11.4 Å². The first-order chi connectivity index (χ1) is 11.0. The van der Waals surface area contributed by atoms with Crippen LogP contribution in [0.4, 0.5) is 0 Å². The van der Waals surface area contributed by atoms with E-state index in [4.69, 9.17) is 5.11 Å². The largest absolute Gasteiger partial charge is 0.477 e. The molecule has 0 unspecified atom stereocenters. The average Bonchev–Trinajstić information content (AvgIpc) is 3.05. The summed E-state index contributed by atoms with van der Waals surface area (Å²) in [7, 11) is 0. The molecule has 2 N–H and O–H groups in total. The van der Waals surface area contributed by atoms with Crippen molar-refractivity contribution in [2.75, 3.05) is 0 Å². The molecule has 0 aliphatic heterocycles. The van der Waals surface area contributed by atoms with E-state index >= 15 is 0 Å². The van der Waals surface area contributed by atoms with Gasteiger partial charge in [-0.15, -0.1) is 11.3 Å². The van der Waals surface area contributed by atoms with E-state index in [0.717, 1.165) is 10.4 Å². The maximum absolute atomic E-state index is 12.8. The quantitative estimate of drug-likeness (QED) is 0.810. The second-order valence-electron chi connectivity index (χ2n) is 5.41. The van der Waals surface area contributed by atoms with Crippen LogP contribution in [0.25, 0.3) is 0 Å². The van der Waals surface area contributed by atoms with Crippen molar-refractivity contribution in [3.8, 4) is 0 Å². The van der Waals surface area contributed by atoms with E-state index in [2.05, 4.69) is 5.32 Å². The Labute approximate surface area is 140 Å². The predicted octanol–water partition coefficient (Wildman–Crippen LogP) is 3.82. The second kappa shape index (κ2) is 7.42. The van der Waals surface area contributed by atoms with Gasteiger partial charge < -0.3 is 10.4 Å². The summed E-state index contributed by atoms with van der Waals surface area (Å²) in [5, 5.41) is 11.9. The fourth-order valence-electron chi connectivity index (χ4n) is 2.79. The van der Waals surface area contributed by atoms with Crippen LogP contribution >= 0.6 is 11.3 Å². The summed E-state index contributed by atoms with van der Waals surface area (Å²) >= 11 is 1.19. The zero-order valence-electron chi connectivity index (χ0n) is 13.3. The van der Waals surface area contributed by atoms with Crippen LogP contribution in [0.2, 0.25) is 0 Å². The molecule has 0 spiro atoms. The number of hydrogen-bond acceptors (Lipinski definition) is 3. The Morgan fingerprint density at radius 3 is 2.26 bits per heavy atom. The minimum atomic E-state index is -0.937. The van der Waals surface area contributed by atoms with Crippen LogP contribution in [0.15, 0.2) is 42.5 Å². The fourth-order valence-corrected chi connectivity index (χ4v) is 3.58. The van der Waals surface area contributed by atoms with Gasteiger partial charge in [0.25, 0.3) is 0 Å². The van der Waals surface area contributed by atoms with E-state index in [0.29, 0.717) is 19.4 Å². The number of hydrogen-bond donors (Lipinski definition) is 2. The lowest BCUT2D eigenvalue weighted by Crippen LogP contribution is -2.43. The lowest BCUT2D eigenvalue weighted by molar-refractivity contribution is -0.127. The summed E-state index contributed by atoms with van der Waals surface area (Å²) in [4.78, 5) is 24.9. The van der Waals surface area contributed by atoms with Gasteiger partial charge in [0.05, 0.1) is 12.0 Å². The van der Waals surface area contributed by atoms with E-state index in [9.17, 15) is 9.59 Å². The standard InChI is InChI=1S/C18H21NO3S/c1-3-18(4-2,13-8-6-5-7-9-13)17(22)19-12-14-10-11-15(23-14)16(20)21/h5-11H,3-4,12H2,1-2H3,(H,19,22)(H,20,21). The Hall–Kier alpha value is -2.14. The highest BCUT2D eigenvalue weighted by atomic mass is 32.1. The molecule has 1 aromatic carbocycles. The van der Waals surface area contributed by atoms with Crippen molar-refractivity contribution in [2.45, 2.75) is 38.6 Å². The summed E-state index contributed by atoms with van der Waals surface area (Å²) in [6.45, 7) is 4.39. The normalized spacial score (nSPS) is 11.2. The minimum Gasteiger partial charge on any atom is -0.477 e. The Kier molecular flexibility index (Phi) is 5.55. The van der Waals surface area contributed by atoms with Crippen LogP contribution in [0, 0.1) is 0 Å². The van der Waals surface area contributed by atoms with Crippen molar-refractivity contribution >= 4 is 23.2 Å². The highest BCUT2D eigenvalue weighted by Crippen LogP contribution is 2.32. The Balaban J connectivity index is 2.14. The molecule has 0 atom stereocenters. The van der Waals surface area contributed by atoms with Gasteiger partial charge in [-0.2, -0.15) is 0 Å². The molecule has 0 saturated heterocycles. The molecular formula is C18H21NO3S. The smallest absolute Gasteiger partial charge is 0.345 e. The highest BCUT2D eigenvalue weighted by Gasteiger charge is 2.36. The van der Waals surface area contributed by atoms with Gasteiger partial charge in [0.15, 0.2) is 0 Å². The molecule has 2 aromatic rings. The van der Waals surface area contributed by atoms with Gasteiger partial charge >= 0.3 is 5.97 Å². The average molecular weight is 331 g/mol. The van der Waals surface area contributed by atoms with Crippen LogP contribution in [0.1, 0.15) is 46.8 Å². The number of carboxylic acid groups (broad SMARTS) is 1. The zero-order valence-corrected chi connectivity index (χ0v) is 14.2. The van der Waals surface area contributed by atoms with Crippen LogP contribution in [0.5, 0.6) is 0 Å². The van der Waals surface area contributed by atoms with Crippen molar-refractivity contribution in [3.63, 3.8) is 0 Å². The third-order valence-electron chi connectivity index (χ3n) is 4.26. The van der Waals surface area contributed by atoms with Crippen LogP contribution in [-0.2, 0) is 16.8 Å². The first kappa shape index (κ1) is 17.2. The Bertz CT molecular complexity index is 675. The van der Waals surface area contributed by atoms with Gasteiger partial charge in [-0.3, -0.25) is 4.79 Å². The van der Waals surface area contributed by atoms with Crippen molar-refractivity contribution in [3.05, 3.63) is 57.8 Å². The summed E-state index contributed by atoms with van der Waals surface area (Å²) in [6, 6.07) is 13.1. The van der Waals surface area contributed by atoms with Crippen molar-refractivity contribution in [1.82, 2.24) is 5.32 Å².